The van der Waals surface area contributed by atoms with Gasteiger partial charge in [0.2, 0.25) is 5.71 Å². The normalized spacial score (nSPS) is 11.4. The van der Waals surface area contributed by atoms with Gasteiger partial charge in [-0.3, -0.25) is 4.98 Å². The van der Waals surface area contributed by atoms with Crippen molar-refractivity contribution in [2.75, 3.05) is 0 Å². The highest BCUT2D eigenvalue weighted by Gasteiger charge is 2.16. The second kappa shape index (κ2) is 6.31. The van der Waals surface area contributed by atoms with E-state index in [0.717, 1.165) is 44.4 Å². The molecule has 3 aromatic heterocycles. The van der Waals surface area contributed by atoms with Crippen LogP contribution in [0.4, 0.5) is 0 Å². The fourth-order valence-electron chi connectivity index (χ4n) is 3.72. The molecule has 3 heterocycles. The van der Waals surface area contributed by atoms with Crippen LogP contribution in [0, 0.1) is 20.8 Å². The molecule has 0 aliphatic carbocycles. The lowest BCUT2D eigenvalue weighted by Crippen LogP contribution is -1.89. The molecule has 3 heteroatoms. The van der Waals surface area contributed by atoms with Gasteiger partial charge in [-0.05, 0) is 61.7 Å². The van der Waals surface area contributed by atoms with E-state index < -0.39 is 0 Å². The third-order valence-corrected chi connectivity index (χ3v) is 5.26. The van der Waals surface area contributed by atoms with Crippen molar-refractivity contribution in [3.63, 3.8) is 0 Å². The van der Waals surface area contributed by atoms with Crippen LogP contribution in [0.2, 0.25) is 0 Å². The molecular formula is C25H20N2O. The van der Waals surface area contributed by atoms with Gasteiger partial charge in [-0.15, -0.1) is 0 Å². The standard InChI is InChI=1S/C25H20N2O/c1-15-4-8-18(9-5-15)19-12-13-26-22(14-19)23-16(2)6-10-20-21-11-7-17(3)27-25(21)28-24(20)23/h4-14H,1-3H3. The summed E-state index contributed by atoms with van der Waals surface area (Å²) in [7, 11) is 0. The Balaban J connectivity index is 1.75. The number of aromatic nitrogens is 2. The molecule has 0 radical (unpaired) electrons. The van der Waals surface area contributed by atoms with Crippen LogP contribution in [0.1, 0.15) is 16.8 Å². The second-order valence-electron chi connectivity index (χ2n) is 7.34. The van der Waals surface area contributed by atoms with E-state index in [4.69, 9.17) is 4.42 Å². The van der Waals surface area contributed by atoms with E-state index in [1.165, 1.54) is 11.1 Å². The minimum absolute atomic E-state index is 0.677. The minimum atomic E-state index is 0.677. The summed E-state index contributed by atoms with van der Waals surface area (Å²) in [6.45, 7) is 6.18. The van der Waals surface area contributed by atoms with Gasteiger partial charge in [0.15, 0.2) is 0 Å². The summed E-state index contributed by atoms with van der Waals surface area (Å²) in [5, 5.41) is 2.11. The number of aryl methyl sites for hydroxylation is 3. The molecule has 2 aromatic carbocycles. The first-order valence-corrected chi connectivity index (χ1v) is 9.43. The average Bonchev–Trinajstić information content (AvgIpc) is 3.05. The van der Waals surface area contributed by atoms with Crippen molar-refractivity contribution in [1.82, 2.24) is 9.97 Å². The first kappa shape index (κ1) is 16.7. The molecule has 0 aliphatic heterocycles. The molecule has 0 saturated heterocycles. The van der Waals surface area contributed by atoms with Crippen LogP contribution in [-0.2, 0) is 0 Å². The van der Waals surface area contributed by atoms with Crippen LogP contribution in [0.15, 0.2) is 71.3 Å². The van der Waals surface area contributed by atoms with Crippen molar-refractivity contribution >= 4 is 22.1 Å². The third-order valence-electron chi connectivity index (χ3n) is 5.26. The first-order valence-electron chi connectivity index (χ1n) is 9.43. The zero-order valence-electron chi connectivity index (χ0n) is 16.2. The van der Waals surface area contributed by atoms with E-state index >= 15 is 0 Å². The number of hydrogen-bond acceptors (Lipinski definition) is 3. The quantitative estimate of drug-likeness (QED) is 0.353. The Morgan fingerprint density at radius 1 is 0.750 bits per heavy atom. The Morgan fingerprint density at radius 2 is 1.54 bits per heavy atom. The molecule has 136 valence electrons. The summed E-state index contributed by atoms with van der Waals surface area (Å²) in [5.74, 6) is 0. The molecule has 0 spiro atoms. The summed E-state index contributed by atoms with van der Waals surface area (Å²) in [6, 6.07) is 21.1. The minimum Gasteiger partial charge on any atom is -0.437 e. The summed E-state index contributed by atoms with van der Waals surface area (Å²) >= 11 is 0. The molecule has 5 aromatic rings. The van der Waals surface area contributed by atoms with Crippen molar-refractivity contribution in [2.45, 2.75) is 20.8 Å². The Labute approximate surface area is 163 Å². The molecule has 0 saturated carbocycles. The smallest absolute Gasteiger partial charge is 0.227 e. The summed E-state index contributed by atoms with van der Waals surface area (Å²) in [5.41, 5.74) is 9.13. The molecule has 28 heavy (non-hydrogen) atoms. The van der Waals surface area contributed by atoms with Crippen LogP contribution in [0.5, 0.6) is 0 Å². The van der Waals surface area contributed by atoms with Crippen molar-refractivity contribution in [2.24, 2.45) is 0 Å². The highest BCUT2D eigenvalue weighted by molar-refractivity contribution is 6.09. The van der Waals surface area contributed by atoms with Crippen LogP contribution in [0.25, 0.3) is 44.5 Å². The van der Waals surface area contributed by atoms with Gasteiger partial charge in [0.1, 0.15) is 5.58 Å². The highest BCUT2D eigenvalue weighted by Crippen LogP contribution is 2.37. The summed E-state index contributed by atoms with van der Waals surface area (Å²) in [6.07, 6.45) is 1.87. The van der Waals surface area contributed by atoms with Gasteiger partial charge in [0, 0.05) is 28.2 Å². The molecular weight excluding hydrogens is 344 g/mol. The van der Waals surface area contributed by atoms with E-state index in [1.807, 2.05) is 25.3 Å². The predicted molar refractivity (Wildman–Crippen MR) is 114 cm³/mol. The fourth-order valence-corrected chi connectivity index (χ4v) is 3.72. The molecule has 5 rings (SSSR count). The van der Waals surface area contributed by atoms with Crippen molar-refractivity contribution in [1.29, 1.82) is 0 Å². The molecule has 0 atom stereocenters. The third kappa shape index (κ3) is 2.67. The zero-order chi connectivity index (χ0) is 19.3. The van der Waals surface area contributed by atoms with E-state index in [-0.39, 0.29) is 0 Å². The van der Waals surface area contributed by atoms with Gasteiger partial charge in [0.05, 0.1) is 5.69 Å². The number of furan rings is 1. The molecule has 0 fully saturated rings. The Kier molecular flexibility index (Phi) is 3.76. The van der Waals surface area contributed by atoms with Crippen molar-refractivity contribution < 1.29 is 4.42 Å². The van der Waals surface area contributed by atoms with Crippen LogP contribution in [0.3, 0.4) is 0 Å². The van der Waals surface area contributed by atoms with E-state index in [0.29, 0.717) is 5.71 Å². The molecule has 0 bridgehead atoms. The maximum absolute atomic E-state index is 6.21. The molecule has 3 nitrogen and oxygen atoms in total. The molecule has 0 amide bonds. The number of fused-ring (bicyclic) bond motifs is 3. The fraction of sp³-hybridized carbons (Fsp3) is 0.120. The van der Waals surface area contributed by atoms with Crippen LogP contribution in [-0.4, -0.2) is 9.97 Å². The predicted octanol–water partition coefficient (Wildman–Crippen LogP) is 6.64. The number of rotatable bonds is 2. The molecule has 0 unspecified atom stereocenters. The van der Waals surface area contributed by atoms with Gasteiger partial charge >= 0.3 is 0 Å². The topological polar surface area (TPSA) is 38.9 Å². The maximum atomic E-state index is 6.21. The Hall–Kier alpha value is -3.46. The zero-order valence-corrected chi connectivity index (χ0v) is 16.2. The monoisotopic (exact) mass is 364 g/mol. The second-order valence-corrected chi connectivity index (χ2v) is 7.34. The lowest BCUT2D eigenvalue weighted by Gasteiger charge is -2.09. The van der Waals surface area contributed by atoms with E-state index in [2.05, 4.69) is 72.3 Å². The molecule has 0 aliphatic rings. The largest absolute Gasteiger partial charge is 0.437 e. The number of benzene rings is 2. The van der Waals surface area contributed by atoms with Gasteiger partial charge in [-0.2, -0.15) is 0 Å². The number of pyridine rings is 2. The lowest BCUT2D eigenvalue weighted by atomic mass is 9.98. The van der Waals surface area contributed by atoms with E-state index in [1.54, 1.807) is 0 Å². The Morgan fingerprint density at radius 3 is 2.36 bits per heavy atom. The van der Waals surface area contributed by atoms with Gasteiger partial charge < -0.3 is 4.42 Å². The summed E-state index contributed by atoms with van der Waals surface area (Å²) < 4.78 is 6.21. The first-order chi connectivity index (χ1) is 13.6. The van der Waals surface area contributed by atoms with Crippen LogP contribution >= 0.6 is 0 Å². The SMILES string of the molecule is Cc1ccc(-c2ccnc(-c3c(C)ccc4c3oc3nc(C)ccc34)c2)cc1. The maximum Gasteiger partial charge on any atom is 0.227 e. The highest BCUT2D eigenvalue weighted by atomic mass is 16.3. The average molecular weight is 364 g/mol. The van der Waals surface area contributed by atoms with Crippen LogP contribution < -0.4 is 0 Å². The number of nitrogens with zero attached hydrogens (tertiary/aromatic N) is 2. The van der Waals surface area contributed by atoms with E-state index in [9.17, 15) is 0 Å². The van der Waals surface area contributed by atoms with Gasteiger partial charge in [-0.25, -0.2) is 4.98 Å². The summed E-state index contributed by atoms with van der Waals surface area (Å²) in [4.78, 5) is 9.23. The van der Waals surface area contributed by atoms with Crippen molar-refractivity contribution in [3.8, 4) is 22.4 Å². The Bertz CT molecular complexity index is 1330. The lowest BCUT2D eigenvalue weighted by molar-refractivity contribution is 0.653. The van der Waals surface area contributed by atoms with Gasteiger partial charge in [-0.1, -0.05) is 42.0 Å². The van der Waals surface area contributed by atoms with Crippen molar-refractivity contribution in [3.05, 3.63) is 83.7 Å². The number of hydrogen-bond donors (Lipinski definition) is 0. The van der Waals surface area contributed by atoms with Gasteiger partial charge in [0.25, 0.3) is 0 Å². The molecule has 0 N–H and O–H groups in total.